The number of halogens is 1. The van der Waals surface area contributed by atoms with Crippen molar-refractivity contribution in [3.8, 4) is 0 Å². The zero-order chi connectivity index (χ0) is 15.9. The van der Waals surface area contributed by atoms with Gasteiger partial charge in [0.15, 0.2) is 4.80 Å². The maximum absolute atomic E-state index is 12.4. The van der Waals surface area contributed by atoms with Gasteiger partial charge >= 0.3 is 0 Å². The first kappa shape index (κ1) is 15.0. The Hall–Kier alpha value is -1.92. The highest BCUT2D eigenvalue weighted by Crippen LogP contribution is 2.25. The summed E-state index contributed by atoms with van der Waals surface area (Å²) in [7, 11) is 1.91. The molecule has 0 aliphatic heterocycles. The van der Waals surface area contributed by atoms with Crippen molar-refractivity contribution in [2.75, 3.05) is 0 Å². The number of benzene rings is 1. The molecule has 2 aromatic heterocycles. The molecule has 0 aliphatic rings. The average Bonchev–Trinajstić information content (AvgIpc) is 3.04. The Morgan fingerprint density at radius 2 is 2.23 bits per heavy atom. The minimum Gasteiger partial charge on any atom is -0.319 e. The first-order valence-corrected chi connectivity index (χ1v) is 8.07. The smallest absolute Gasteiger partial charge is 0.297 e. The van der Waals surface area contributed by atoms with E-state index < -0.39 is 0 Å². The minimum atomic E-state index is -0.287. The van der Waals surface area contributed by atoms with Crippen molar-refractivity contribution in [3.05, 3.63) is 45.5 Å². The number of thiazole rings is 1. The summed E-state index contributed by atoms with van der Waals surface area (Å²) >= 11 is 7.55. The molecule has 2 heterocycles. The van der Waals surface area contributed by atoms with E-state index in [1.54, 1.807) is 16.9 Å². The molecule has 0 atom stereocenters. The van der Waals surface area contributed by atoms with Crippen LogP contribution in [0.1, 0.15) is 23.0 Å². The molecule has 0 N–H and O–H groups in total. The standard InChI is InChI=1S/C15H15ClN4OS/c1-4-20-11(5-6-17-20)14(21)18-15-19(3)13-9(2)7-10(16)8-12(13)22-15/h5-8H,4H2,1-3H3. The Labute approximate surface area is 136 Å². The number of hydrogen-bond donors (Lipinski definition) is 0. The van der Waals surface area contributed by atoms with Gasteiger partial charge in [-0.05, 0) is 37.6 Å². The van der Waals surface area contributed by atoms with Crippen LogP contribution in [-0.2, 0) is 13.6 Å². The fourth-order valence-electron chi connectivity index (χ4n) is 2.48. The fourth-order valence-corrected chi connectivity index (χ4v) is 3.95. The fraction of sp³-hybridized carbons (Fsp3) is 0.267. The molecule has 5 nitrogen and oxygen atoms in total. The van der Waals surface area contributed by atoms with Crippen LogP contribution in [0.5, 0.6) is 0 Å². The summed E-state index contributed by atoms with van der Waals surface area (Å²) in [4.78, 5) is 17.3. The molecule has 1 aromatic carbocycles. The third-order valence-corrected chi connectivity index (χ3v) is 4.78. The third-order valence-electron chi connectivity index (χ3n) is 3.49. The first-order chi connectivity index (χ1) is 10.5. The van der Waals surface area contributed by atoms with Crippen LogP contribution in [0, 0.1) is 6.92 Å². The van der Waals surface area contributed by atoms with Gasteiger partial charge in [-0.2, -0.15) is 10.1 Å². The van der Waals surface area contributed by atoms with Crippen LogP contribution in [0.3, 0.4) is 0 Å². The number of amides is 1. The summed E-state index contributed by atoms with van der Waals surface area (Å²) < 4.78 is 4.58. The molecule has 114 valence electrons. The number of aryl methyl sites for hydroxylation is 3. The lowest BCUT2D eigenvalue weighted by molar-refractivity contribution is 0.0988. The van der Waals surface area contributed by atoms with Gasteiger partial charge in [0.25, 0.3) is 5.91 Å². The van der Waals surface area contributed by atoms with Crippen LogP contribution in [0.4, 0.5) is 0 Å². The molecule has 1 amide bonds. The maximum Gasteiger partial charge on any atom is 0.297 e. The first-order valence-electron chi connectivity index (χ1n) is 6.87. The van der Waals surface area contributed by atoms with Gasteiger partial charge in [0, 0.05) is 24.8 Å². The Bertz CT molecular complexity index is 935. The van der Waals surface area contributed by atoms with Crippen molar-refractivity contribution in [3.63, 3.8) is 0 Å². The molecule has 0 spiro atoms. The van der Waals surface area contributed by atoms with E-state index in [0.717, 1.165) is 15.8 Å². The van der Waals surface area contributed by atoms with Crippen molar-refractivity contribution in [1.82, 2.24) is 14.3 Å². The third kappa shape index (κ3) is 2.48. The van der Waals surface area contributed by atoms with Gasteiger partial charge in [0.1, 0.15) is 5.69 Å². The minimum absolute atomic E-state index is 0.287. The second kappa shape index (κ2) is 5.70. The van der Waals surface area contributed by atoms with Gasteiger partial charge in [-0.25, -0.2) is 0 Å². The van der Waals surface area contributed by atoms with E-state index in [1.807, 2.05) is 37.6 Å². The van der Waals surface area contributed by atoms with Gasteiger partial charge in [-0.3, -0.25) is 9.48 Å². The molecule has 22 heavy (non-hydrogen) atoms. The monoisotopic (exact) mass is 334 g/mol. The van der Waals surface area contributed by atoms with Crippen molar-refractivity contribution in [2.45, 2.75) is 20.4 Å². The van der Waals surface area contributed by atoms with Gasteiger partial charge in [0.2, 0.25) is 0 Å². The van der Waals surface area contributed by atoms with Crippen molar-refractivity contribution >= 4 is 39.1 Å². The van der Waals surface area contributed by atoms with Crippen molar-refractivity contribution in [1.29, 1.82) is 0 Å². The van der Waals surface area contributed by atoms with Gasteiger partial charge < -0.3 is 4.57 Å². The Kier molecular flexibility index (Phi) is 3.88. The van der Waals surface area contributed by atoms with Crippen LogP contribution in [0.15, 0.2) is 29.4 Å². The van der Waals surface area contributed by atoms with Crippen LogP contribution < -0.4 is 4.80 Å². The largest absolute Gasteiger partial charge is 0.319 e. The molecule has 0 saturated heterocycles. The lowest BCUT2D eigenvalue weighted by Gasteiger charge is -2.01. The molecule has 0 saturated carbocycles. The van der Waals surface area contributed by atoms with Crippen LogP contribution >= 0.6 is 22.9 Å². The number of carbonyl (C=O) groups excluding carboxylic acids is 1. The summed E-state index contributed by atoms with van der Waals surface area (Å²) in [6.45, 7) is 4.57. The van der Waals surface area contributed by atoms with E-state index in [-0.39, 0.29) is 5.91 Å². The molecule has 0 bridgehead atoms. The van der Waals surface area contributed by atoms with Gasteiger partial charge in [0.05, 0.1) is 10.2 Å². The van der Waals surface area contributed by atoms with E-state index in [0.29, 0.717) is 22.1 Å². The zero-order valence-corrected chi connectivity index (χ0v) is 14.1. The molecule has 3 rings (SSSR count). The Balaban J connectivity index is 2.16. The zero-order valence-electron chi connectivity index (χ0n) is 12.5. The number of rotatable bonds is 2. The summed E-state index contributed by atoms with van der Waals surface area (Å²) in [5.41, 5.74) is 2.61. The predicted octanol–water partition coefficient (Wildman–Crippen LogP) is 3.16. The Morgan fingerprint density at radius 3 is 2.95 bits per heavy atom. The topological polar surface area (TPSA) is 52.2 Å². The second-order valence-electron chi connectivity index (χ2n) is 4.96. The van der Waals surface area contributed by atoms with E-state index in [2.05, 4.69) is 10.1 Å². The Morgan fingerprint density at radius 1 is 1.45 bits per heavy atom. The number of fused-ring (bicyclic) bond motifs is 1. The highest BCUT2D eigenvalue weighted by molar-refractivity contribution is 7.16. The molecule has 0 unspecified atom stereocenters. The van der Waals surface area contributed by atoms with E-state index in [9.17, 15) is 4.79 Å². The number of hydrogen-bond acceptors (Lipinski definition) is 3. The molecular formula is C15H15ClN4OS. The highest BCUT2D eigenvalue weighted by atomic mass is 35.5. The SMILES string of the molecule is CCn1nccc1C(=O)N=c1sc2cc(Cl)cc(C)c2n1C. The summed E-state index contributed by atoms with van der Waals surface area (Å²) in [5, 5.41) is 4.79. The van der Waals surface area contributed by atoms with Crippen LogP contribution in [-0.4, -0.2) is 20.3 Å². The molecule has 0 radical (unpaired) electrons. The lowest BCUT2D eigenvalue weighted by atomic mass is 10.2. The van der Waals surface area contributed by atoms with E-state index in [4.69, 9.17) is 11.6 Å². The molecule has 0 fully saturated rings. The normalized spacial score (nSPS) is 12.3. The quantitative estimate of drug-likeness (QED) is 0.723. The summed E-state index contributed by atoms with van der Waals surface area (Å²) in [5.74, 6) is -0.287. The maximum atomic E-state index is 12.4. The summed E-state index contributed by atoms with van der Waals surface area (Å²) in [6, 6.07) is 5.49. The highest BCUT2D eigenvalue weighted by Gasteiger charge is 2.12. The molecule has 3 aromatic rings. The summed E-state index contributed by atoms with van der Waals surface area (Å²) in [6.07, 6.45) is 1.61. The van der Waals surface area contributed by atoms with Gasteiger partial charge in [-0.1, -0.05) is 22.9 Å². The van der Waals surface area contributed by atoms with Crippen molar-refractivity contribution < 1.29 is 4.79 Å². The predicted molar refractivity (Wildman–Crippen MR) is 88.3 cm³/mol. The number of nitrogens with zero attached hydrogens (tertiary/aromatic N) is 4. The van der Waals surface area contributed by atoms with Gasteiger partial charge in [-0.15, -0.1) is 0 Å². The van der Waals surface area contributed by atoms with E-state index in [1.165, 1.54) is 11.3 Å². The lowest BCUT2D eigenvalue weighted by Crippen LogP contribution is -2.15. The number of aromatic nitrogens is 3. The second-order valence-corrected chi connectivity index (χ2v) is 6.41. The van der Waals surface area contributed by atoms with E-state index >= 15 is 0 Å². The van der Waals surface area contributed by atoms with Crippen LogP contribution in [0.2, 0.25) is 5.02 Å². The molecule has 0 aliphatic carbocycles. The molecule has 7 heteroatoms. The van der Waals surface area contributed by atoms with Crippen LogP contribution in [0.25, 0.3) is 10.2 Å². The molecular weight excluding hydrogens is 320 g/mol. The number of carbonyl (C=O) groups is 1. The van der Waals surface area contributed by atoms with Crippen molar-refractivity contribution in [2.24, 2.45) is 12.0 Å². The average molecular weight is 335 g/mol.